The predicted molar refractivity (Wildman–Crippen MR) is 126 cm³/mol. The molecule has 4 rings (SSSR count). The van der Waals surface area contributed by atoms with Gasteiger partial charge in [-0.3, -0.25) is 20.4 Å². The van der Waals surface area contributed by atoms with Gasteiger partial charge in [0, 0.05) is 34.3 Å². The summed E-state index contributed by atoms with van der Waals surface area (Å²) < 4.78 is 19.0. The fourth-order valence-corrected chi connectivity index (χ4v) is 3.94. The van der Waals surface area contributed by atoms with Crippen LogP contribution < -0.4 is 20.5 Å². The molecular formula is C24H20Cl2FN3O3. The molecule has 0 saturated carbocycles. The monoisotopic (exact) mass is 487 g/mol. The first kappa shape index (κ1) is 22.9. The van der Waals surface area contributed by atoms with Crippen LogP contribution in [0.5, 0.6) is 5.75 Å². The smallest absolute Gasteiger partial charge is 0.243 e. The second-order valence-electron chi connectivity index (χ2n) is 7.52. The van der Waals surface area contributed by atoms with Crippen LogP contribution in [0.15, 0.2) is 66.7 Å². The van der Waals surface area contributed by atoms with Crippen molar-refractivity contribution in [2.24, 2.45) is 5.92 Å². The minimum atomic E-state index is -0.545. The third-order valence-electron chi connectivity index (χ3n) is 5.24. The van der Waals surface area contributed by atoms with Crippen LogP contribution in [0.2, 0.25) is 10.0 Å². The number of halogens is 3. The molecule has 0 unspecified atom stereocenters. The third kappa shape index (κ3) is 5.56. The third-order valence-corrected chi connectivity index (χ3v) is 5.83. The first-order chi connectivity index (χ1) is 15.9. The molecule has 0 spiro atoms. The van der Waals surface area contributed by atoms with Gasteiger partial charge in [-0.25, -0.2) is 4.39 Å². The molecule has 2 N–H and O–H groups in total. The SMILES string of the molecule is O=C(NNc1ccccc1OCc1ccc(Cl)cc1Cl)[C@@H]1CC(=O)N(c2ccc(F)cc2)C1. The summed E-state index contributed by atoms with van der Waals surface area (Å²) in [6.07, 6.45) is 0.0676. The summed E-state index contributed by atoms with van der Waals surface area (Å²) in [5.74, 6) is -0.938. The molecule has 0 bridgehead atoms. The van der Waals surface area contributed by atoms with Crippen molar-refractivity contribution in [1.82, 2.24) is 5.43 Å². The summed E-state index contributed by atoms with van der Waals surface area (Å²) in [7, 11) is 0. The number of nitrogens with one attached hydrogen (secondary N) is 2. The standard InChI is InChI=1S/C24H20Cl2FN3O3/c25-17-6-5-15(20(26)12-17)14-33-22-4-2-1-3-21(22)28-29-24(32)16-11-23(31)30(13-16)19-9-7-18(27)8-10-19/h1-10,12,16,28H,11,13-14H2,(H,29,32)/t16-/m1/s1. The number of carbonyl (C=O) groups is 2. The number of para-hydroxylation sites is 2. The Morgan fingerprint density at radius 1 is 1.09 bits per heavy atom. The molecule has 3 aromatic carbocycles. The van der Waals surface area contributed by atoms with Crippen LogP contribution in [-0.4, -0.2) is 18.4 Å². The van der Waals surface area contributed by atoms with Gasteiger partial charge in [0.05, 0.1) is 11.6 Å². The minimum absolute atomic E-state index is 0.0676. The van der Waals surface area contributed by atoms with Gasteiger partial charge >= 0.3 is 0 Å². The lowest BCUT2D eigenvalue weighted by Crippen LogP contribution is -2.36. The van der Waals surface area contributed by atoms with E-state index in [-0.39, 0.29) is 37.2 Å². The van der Waals surface area contributed by atoms with Gasteiger partial charge in [-0.15, -0.1) is 0 Å². The summed E-state index contributed by atoms with van der Waals surface area (Å²) in [6.45, 7) is 0.428. The molecule has 1 heterocycles. The first-order valence-corrected chi connectivity index (χ1v) is 10.9. The number of hydrogen-bond donors (Lipinski definition) is 2. The molecule has 0 aromatic heterocycles. The average molecular weight is 488 g/mol. The molecule has 0 radical (unpaired) electrons. The van der Waals surface area contributed by atoms with Crippen LogP contribution in [-0.2, 0) is 16.2 Å². The predicted octanol–water partition coefficient (Wildman–Crippen LogP) is 5.21. The van der Waals surface area contributed by atoms with Crippen molar-refractivity contribution in [2.75, 3.05) is 16.9 Å². The average Bonchev–Trinajstić information content (AvgIpc) is 3.19. The van der Waals surface area contributed by atoms with Crippen LogP contribution in [0.25, 0.3) is 0 Å². The van der Waals surface area contributed by atoms with Gasteiger partial charge in [0.1, 0.15) is 18.2 Å². The highest BCUT2D eigenvalue weighted by Gasteiger charge is 2.35. The number of hydrazine groups is 1. The number of amides is 2. The van der Waals surface area contributed by atoms with E-state index in [0.717, 1.165) is 5.56 Å². The van der Waals surface area contributed by atoms with E-state index in [9.17, 15) is 14.0 Å². The summed E-state index contributed by atoms with van der Waals surface area (Å²) in [5, 5.41) is 1.04. The summed E-state index contributed by atoms with van der Waals surface area (Å²) in [5.41, 5.74) is 7.40. The van der Waals surface area contributed by atoms with E-state index < -0.39 is 5.92 Å². The Hall–Kier alpha value is -3.29. The van der Waals surface area contributed by atoms with Gasteiger partial charge in [-0.2, -0.15) is 0 Å². The maximum absolute atomic E-state index is 13.2. The van der Waals surface area contributed by atoms with Crippen molar-refractivity contribution in [2.45, 2.75) is 13.0 Å². The van der Waals surface area contributed by atoms with Gasteiger partial charge in [0.25, 0.3) is 0 Å². The lowest BCUT2D eigenvalue weighted by atomic mass is 10.1. The quantitative estimate of drug-likeness (QED) is 0.449. The topological polar surface area (TPSA) is 70.7 Å². The van der Waals surface area contributed by atoms with Crippen molar-refractivity contribution in [1.29, 1.82) is 0 Å². The van der Waals surface area contributed by atoms with Crippen molar-refractivity contribution in [3.63, 3.8) is 0 Å². The Kier molecular flexibility index (Phi) is 7.01. The molecule has 1 aliphatic rings. The molecule has 1 fully saturated rings. The van der Waals surface area contributed by atoms with Crippen LogP contribution in [0.3, 0.4) is 0 Å². The van der Waals surface area contributed by atoms with Gasteiger partial charge < -0.3 is 9.64 Å². The number of nitrogens with zero attached hydrogens (tertiary/aromatic N) is 1. The van der Waals surface area contributed by atoms with Gasteiger partial charge in [-0.05, 0) is 48.5 Å². The second-order valence-corrected chi connectivity index (χ2v) is 8.36. The highest BCUT2D eigenvalue weighted by Crippen LogP contribution is 2.28. The molecule has 1 saturated heterocycles. The molecule has 0 aliphatic carbocycles. The molecule has 1 atom stereocenters. The number of rotatable bonds is 7. The van der Waals surface area contributed by atoms with Gasteiger partial charge in [0.2, 0.25) is 11.8 Å². The zero-order valence-corrected chi connectivity index (χ0v) is 18.9. The van der Waals surface area contributed by atoms with Crippen molar-refractivity contribution >= 4 is 46.4 Å². The molecule has 33 heavy (non-hydrogen) atoms. The molecule has 2 amide bonds. The van der Waals surface area contributed by atoms with E-state index in [4.69, 9.17) is 27.9 Å². The molecular weight excluding hydrogens is 468 g/mol. The van der Waals surface area contributed by atoms with Crippen LogP contribution >= 0.6 is 23.2 Å². The van der Waals surface area contributed by atoms with E-state index in [1.165, 1.54) is 29.2 Å². The Bertz CT molecular complexity index is 1170. The number of anilines is 2. The second kappa shape index (κ2) is 10.1. The largest absolute Gasteiger partial charge is 0.487 e. The number of benzene rings is 3. The zero-order chi connectivity index (χ0) is 23.4. The summed E-state index contributed by atoms with van der Waals surface area (Å²) in [4.78, 5) is 26.5. The van der Waals surface area contributed by atoms with E-state index in [1.54, 1.807) is 36.4 Å². The number of hydrogen-bond acceptors (Lipinski definition) is 4. The van der Waals surface area contributed by atoms with Crippen molar-refractivity contribution < 1.29 is 18.7 Å². The van der Waals surface area contributed by atoms with Crippen LogP contribution in [0.1, 0.15) is 12.0 Å². The summed E-state index contributed by atoms with van der Waals surface area (Å²) >= 11 is 12.1. The van der Waals surface area contributed by atoms with Gasteiger partial charge in [0.15, 0.2) is 0 Å². The lowest BCUT2D eigenvalue weighted by Gasteiger charge is -2.18. The van der Waals surface area contributed by atoms with Gasteiger partial charge in [-0.1, -0.05) is 41.4 Å². The molecule has 3 aromatic rings. The Morgan fingerprint density at radius 3 is 2.61 bits per heavy atom. The lowest BCUT2D eigenvalue weighted by molar-refractivity contribution is -0.125. The minimum Gasteiger partial charge on any atom is -0.487 e. The van der Waals surface area contributed by atoms with E-state index in [0.29, 0.717) is 27.2 Å². The van der Waals surface area contributed by atoms with E-state index >= 15 is 0 Å². The van der Waals surface area contributed by atoms with Crippen LogP contribution in [0, 0.1) is 11.7 Å². The highest BCUT2D eigenvalue weighted by molar-refractivity contribution is 6.35. The highest BCUT2D eigenvalue weighted by atomic mass is 35.5. The molecule has 6 nitrogen and oxygen atoms in total. The fraction of sp³-hybridized carbons (Fsp3) is 0.167. The van der Waals surface area contributed by atoms with Crippen LogP contribution in [0.4, 0.5) is 15.8 Å². The first-order valence-electron chi connectivity index (χ1n) is 10.2. The molecule has 170 valence electrons. The Balaban J connectivity index is 1.36. The Morgan fingerprint density at radius 2 is 1.85 bits per heavy atom. The molecule has 1 aliphatic heterocycles. The van der Waals surface area contributed by atoms with E-state index in [1.807, 2.05) is 6.07 Å². The van der Waals surface area contributed by atoms with Crippen molar-refractivity contribution in [3.05, 3.63) is 88.2 Å². The maximum Gasteiger partial charge on any atom is 0.243 e. The maximum atomic E-state index is 13.2. The fourth-order valence-electron chi connectivity index (χ4n) is 3.47. The number of carbonyl (C=O) groups excluding carboxylic acids is 2. The normalized spacial score (nSPS) is 15.4. The Labute approximate surface area is 200 Å². The van der Waals surface area contributed by atoms with E-state index in [2.05, 4.69) is 10.9 Å². The number of ether oxygens (including phenoxy) is 1. The van der Waals surface area contributed by atoms with Crippen molar-refractivity contribution in [3.8, 4) is 5.75 Å². The summed E-state index contributed by atoms with van der Waals surface area (Å²) in [6, 6.07) is 17.9. The molecule has 9 heteroatoms. The zero-order valence-electron chi connectivity index (χ0n) is 17.4.